The van der Waals surface area contributed by atoms with E-state index in [9.17, 15) is 0 Å². The average molecular weight is 407 g/mol. The van der Waals surface area contributed by atoms with Crippen molar-refractivity contribution in [2.45, 2.75) is 19.4 Å². The molecular weight excluding hydrogens is 387 g/mol. The van der Waals surface area contributed by atoms with Crippen LogP contribution in [0.25, 0.3) is 11.6 Å². The third-order valence-electron chi connectivity index (χ3n) is 3.93. The van der Waals surface area contributed by atoms with Crippen molar-refractivity contribution in [3.05, 3.63) is 58.0 Å². The maximum atomic E-state index is 6.27. The standard InChI is InChI=1S/C18H20Cl2N6O/c1-11(13-6-5-12(19)10-14(13)20)23-18(21-2)22-8-7-16-24-17(26-25-16)15-4-3-9-27-15/h3-6,9-11H,7-8H2,1-2H3,(H2,21,22,23)(H,24,25,26). The van der Waals surface area contributed by atoms with Gasteiger partial charge in [-0.1, -0.05) is 29.3 Å². The van der Waals surface area contributed by atoms with E-state index in [1.165, 1.54) is 0 Å². The summed E-state index contributed by atoms with van der Waals surface area (Å²) >= 11 is 12.2. The largest absolute Gasteiger partial charge is 0.461 e. The Balaban J connectivity index is 1.52. The fraction of sp³-hybridized carbons (Fsp3) is 0.278. The van der Waals surface area contributed by atoms with E-state index >= 15 is 0 Å². The Morgan fingerprint density at radius 2 is 2.19 bits per heavy atom. The van der Waals surface area contributed by atoms with Gasteiger partial charge in [0.05, 0.1) is 12.3 Å². The monoisotopic (exact) mass is 406 g/mol. The first kappa shape index (κ1) is 19.3. The van der Waals surface area contributed by atoms with Crippen LogP contribution in [0.2, 0.25) is 10.0 Å². The van der Waals surface area contributed by atoms with Crippen molar-refractivity contribution in [2.75, 3.05) is 13.6 Å². The number of rotatable bonds is 6. The lowest BCUT2D eigenvalue weighted by atomic mass is 10.1. The van der Waals surface area contributed by atoms with Crippen molar-refractivity contribution in [1.29, 1.82) is 0 Å². The average Bonchev–Trinajstić information content (AvgIpc) is 3.32. The molecule has 0 spiro atoms. The maximum absolute atomic E-state index is 6.27. The van der Waals surface area contributed by atoms with Gasteiger partial charge in [0.25, 0.3) is 0 Å². The first-order chi connectivity index (χ1) is 13.1. The van der Waals surface area contributed by atoms with Crippen molar-refractivity contribution >= 4 is 29.2 Å². The number of hydrogen-bond donors (Lipinski definition) is 3. The van der Waals surface area contributed by atoms with Gasteiger partial charge in [-0.2, -0.15) is 5.10 Å². The van der Waals surface area contributed by atoms with Crippen molar-refractivity contribution in [3.8, 4) is 11.6 Å². The molecular formula is C18H20Cl2N6O. The van der Waals surface area contributed by atoms with Crippen molar-refractivity contribution < 1.29 is 4.42 Å². The molecule has 142 valence electrons. The predicted octanol–water partition coefficient (Wildman–Crippen LogP) is 3.84. The van der Waals surface area contributed by atoms with Gasteiger partial charge in [0, 0.05) is 30.1 Å². The van der Waals surface area contributed by atoms with Crippen LogP contribution in [-0.4, -0.2) is 34.7 Å². The van der Waals surface area contributed by atoms with Crippen molar-refractivity contribution in [3.63, 3.8) is 0 Å². The number of halogens is 2. The van der Waals surface area contributed by atoms with Gasteiger partial charge < -0.3 is 15.1 Å². The van der Waals surface area contributed by atoms with Gasteiger partial charge in [0.1, 0.15) is 5.82 Å². The molecule has 0 fully saturated rings. The normalized spacial score (nSPS) is 12.8. The smallest absolute Gasteiger partial charge is 0.216 e. The first-order valence-electron chi connectivity index (χ1n) is 8.44. The predicted molar refractivity (Wildman–Crippen MR) is 107 cm³/mol. The zero-order valence-electron chi connectivity index (χ0n) is 15.0. The van der Waals surface area contributed by atoms with Gasteiger partial charge in [0.15, 0.2) is 11.7 Å². The molecule has 7 nitrogen and oxygen atoms in total. The van der Waals surface area contributed by atoms with Crippen LogP contribution in [0.15, 0.2) is 46.0 Å². The van der Waals surface area contributed by atoms with Gasteiger partial charge in [-0.05, 0) is 36.8 Å². The molecule has 9 heteroatoms. The molecule has 2 aromatic heterocycles. The number of aromatic amines is 1. The highest BCUT2D eigenvalue weighted by molar-refractivity contribution is 6.35. The lowest BCUT2D eigenvalue weighted by Crippen LogP contribution is -2.39. The molecule has 0 aliphatic carbocycles. The Kier molecular flexibility index (Phi) is 6.36. The molecule has 1 aromatic carbocycles. The topological polar surface area (TPSA) is 91.1 Å². The number of furan rings is 1. The molecule has 0 amide bonds. The van der Waals surface area contributed by atoms with Crippen LogP contribution in [0.5, 0.6) is 0 Å². The third kappa shape index (κ3) is 5.02. The van der Waals surface area contributed by atoms with Crippen molar-refractivity contribution in [2.24, 2.45) is 4.99 Å². The minimum atomic E-state index is -0.0307. The van der Waals surface area contributed by atoms with Crippen LogP contribution in [-0.2, 0) is 6.42 Å². The van der Waals surface area contributed by atoms with Crippen LogP contribution >= 0.6 is 23.2 Å². The lowest BCUT2D eigenvalue weighted by Gasteiger charge is -2.19. The van der Waals surface area contributed by atoms with E-state index in [4.69, 9.17) is 27.6 Å². The number of aliphatic imine (C=N–C) groups is 1. The summed E-state index contributed by atoms with van der Waals surface area (Å²) in [6.07, 6.45) is 2.25. The number of benzene rings is 1. The second-order valence-corrected chi connectivity index (χ2v) is 6.71. The number of aromatic nitrogens is 3. The molecule has 0 aliphatic heterocycles. The van der Waals surface area contributed by atoms with Crippen LogP contribution in [0.1, 0.15) is 24.4 Å². The Morgan fingerprint density at radius 1 is 1.33 bits per heavy atom. The van der Waals surface area contributed by atoms with Gasteiger partial charge in [-0.3, -0.25) is 10.1 Å². The number of nitrogens with zero attached hydrogens (tertiary/aromatic N) is 3. The van der Waals surface area contributed by atoms with E-state index in [0.29, 0.717) is 40.6 Å². The molecule has 0 saturated heterocycles. The van der Waals surface area contributed by atoms with Gasteiger partial charge in [-0.25, -0.2) is 4.98 Å². The van der Waals surface area contributed by atoms with Gasteiger partial charge in [0.2, 0.25) is 5.82 Å². The number of nitrogens with one attached hydrogen (secondary N) is 3. The van der Waals surface area contributed by atoms with E-state index in [1.807, 2.05) is 25.1 Å². The summed E-state index contributed by atoms with van der Waals surface area (Å²) in [5, 5.41) is 14.9. The Morgan fingerprint density at radius 3 is 2.89 bits per heavy atom. The quantitative estimate of drug-likeness (QED) is 0.427. The number of hydrogen-bond acceptors (Lipinski definition) is 4. The fourth-order valence-electron chi connectivity index (χ4n) is 2.55. The SMILES string of the molecule is CN=C(NCCc1nc(-c2ccco2)n[nH]1)NC(C)c1ccc(Cl)cc1Cl. The second-order valence-electron chi connectivity index (χ2n) is 5.86. The van der Waals surface area contributed by atoms with Gasteiger partial charge in [-0.15, -0.1) is 0 Å². The summed E-state index contributed by atoms with van der Waals surface area (Å²) < 4.78 is 5.29. The highest BCUT2D eigenvalue weighted by atomic mass is 35.5. The zero-order valence-corrected chi connectivity index (χ0v) is 16.5. The fourth-order valence-corrected chi connectivity index (χ4v) is 3.12. The van der Waals surface area contributed by atoms with E-state index in [-0.39, 0.29) is 6.04 Å². The zero-order chi connectivity index (χ0) is 19.2. The summed E-state index contributed by atoms with van der Waals surface area (Å²) in [6, 6.07) is 9.04. The van der Waals surface area contributed by atoms with Crippen LogP contribution in [0, 0.1) is 0 Å². The van der Waals surface area contributed by atoms with E-state index in [0.717, 1.165) is 11.4 Å². The summed E-state index contributed by atoms with van der Waals surface area (Å²) in [5.74, 6) is 2.61. The molecule has 0 saturated carbocycles. The van der Waals surface area contributed by atoms with Crippen LogP contribution in [0.4, 0.5) is 0 Å². The first-order valence-corrected chi connectivity index (χ1v) is 9.19. The van der Waals surface area contributed by atoms with E-state index in [1.54, 1.807) is 25.4 Å². The summed E-state index contributed by atoms with van der Waals surface area (Å²) in [5.41, 5.74) is 0.947. The van der Waals surface area contributed by atoms with Crippen LogP contribution in [0.3, 0.4) is 0 Å². The molecule has 0 bridgehead atoms. The Bertz CT molecular complexity index is 906. The molecule has 27 heavy (non-hydrogen) atoms. The number of guanidine groups is 1. The summed E-state index contributed by atoms with van der Waals surface area (Å²) in [4.78, 5) is 8.65. The molecule has 2 heterocycles. The third-order valence-corrected chi connectivity index (χ3v) is 4.50. The molecule has 3 rings (SSSR count). The lowest BCUT2D eigenvalue weighted by molar-refractivity contribution is 0.577. The molecule has 3 aromatic rings. The van der Waals surface area contributed by atoms with E-state index in [2.05, 4.69) is 30.8 Å². The Labute approximate surface area is 167 Å². The molecule has 1 unspecified atom stereocenters. The van der Waals surface area contributed by atoms with Crippen molar-refractivity contribution in [1.82, 2.24) is 25.8 Å². The molecule has 0 radical (unpaired) electrons. The summed E-state index contributed by atoms with van der Waals surface area (Å²) in [6.45, 7) is 2.64. The molecule has 1 atom stereocenters. The number of H-pyrrole nitrogens is 1. The van der Waals surface area contributed by atoms with Crippen LogP contribution < -0.4 is 10.6 Å². The summed E-state index contributed by atoms with van der Waals surface area (Å²) in [7, 11) is 1.72. The minimum Gasteiger partial charge on any atom is -0.461 e. The minimum absolute atomic E-state index is 0.0307. The maximum Gasteiger partial charge on any atom is 0.216 e. The van der Waals surface area contributed by atoms with Gasteiger partial charge >= 0.3 is 0 Å². The highest BCUT2D eigenvalue weighted by Crippen LogP contribution is 2.26. The molecule has 0 aliphatic rings. The second kappa shape index (κ2) is 8.92. The van der Waals surface area contributed by atoms with E-state index < -0.39 is 0 Å². The highest BCUT2D eigenvalue weighted by Gasteiger charge is 2.12. The Hall–Kier alpha value is -2.51. The molecule has 3 N–H and O–H groups in total.